The maximum absolute atomic E-state index is 12.3. The number of carbonyl (C=O) groups is 1. The zero-order valence-corrected chi connectivity index (χ0v) is 18.8. The third-order valence-corrected chi connectivity index (χ3v) is 5.55. The third-order valence-electron chi connectivity index (χ3n) is 5.55. The highest BCUT2D eigenvalue weighted by molar-refractivity contribution is 5.96. The van der Waals surface area contributed by atoms with Crippen molar-refractivity contribution < 1.29 is 19.4 Å². The average Bonchev–Trinajstić information content (AvgIpc) is 3.11. The molecule has 3 aromatic carbocycles. The number of hydrogen-bond donors (Lipinski definition) is 1. The van der Waals surface area contributed by atoms with Gasteiger partial charge in [0, 0.05) is 11.9 Å². The summed E-state index contributed by atoms with van der Waals surface area (Å²) in [5.74, 6) is 0.659. The molecule has 1 N–H and O–H groups in total. The Morgan fingerprint density at radius 3 is 2.58 bits per heavy atom. The molecule has 0 atom stereocenters. The molecule has 0 fully saturated rings. The number of rotatable bonds is 9. The van der Waals surface area contributed by atoms with E-state index in [0.717, 1.165) is 35.6 Å². The summed E-state index contributed by atoms with van der Waals surface area (Å²) in [6.45, 7) is 2.53. The number of amides is 1. The molecule has 4 aromatic rings. The van der Waals surface area contributed by atoms with Crippen molar-refractivity contribution in [3.05, 3.63) is 60.7 Å². The van der Waals surface area contributed by atoms with Gasteiger partial charge in [0.05, 0.1) is 12.6 Å². The van der Waals surface area contributed by atoms with Crippen molar-refractivity contribution in [3.8, 4) is 17.4 Å². The van der Waals surface area contributed by atoms with Crippen molar-refractivity contribution in [1.82, 2.24) is 4.57 Å². The lowest BCUT2D eigenvalue weighted by molar-refractivity contribution is -0.120. The van der Waals surface area contributed by atoms with Gasteiger partial charge in [-0.3, -0.25) is 4.79 Å². The number of hydrogen-bond acceptors (Lipinski definition) is 5. The molecule has 170 valence electrons. The number of unbranched alkanes of at least 4 members (excludes halogenated alkanes) is 2. The van der Waals surface area contributed by atoms with Gasteiger partial charge in [0.1, 0.15) is 11.5 Å². The van der Waals surface area contributed by atoms with Crippen molar-refractivity contribution in [1.29, 1.82) is 0 Å². The third kappa shape index (κ3) is 4.98. The van der Waals surface area contributed by atoms with Crippen LogP contribution in [0.1, 0.15) is 26.2 Å². The van der Waals surface area contributed by atoms with Crippen LogP contribution in [0.25, 0.3) is 21.7 Å². The molecule has 0 bridgehead atoms. The summed E-state index contributed by atoms with van der Waals surface area (Å²) < 4.78 is 12.7. The summed E-state index contributed by atoms with van der Waals surface area (Å²) in [5.41, 5.74) is 1.07. The number of azo groups is 1. The second-order valence-electron chi connectivity index (χ2n) is 7.81. The van der Waals surface area contributed by atoms with E-state index in [1.54, 1.807) is 17.7 Å². The van der Waals surface area contributed by atoms with E-state index >= 15 is 0 Å². The van der Waals surface area contributed by atoms with Crippen LogP contribution in [0.15, 0.2) is 70.9 Å². The minimum absolute atomic E-state index is 0.0126. The van der Waals surface area contributed by atoms with Crippen molar-refractivity contribution in [3.63, 3.8) is 0 Å². The first kappa shape index (κ1) is 22.3. The van der Waals surface area contributed by atoms with Crippen LogP contribution < -0.4 is 9.47 Å². The lowest BCUT2D eigenvalue weighted by atomic mass is 10.1. The predicted octanol–water partition coefficient (Wildman–Crippen LogP) is 6.39. The van der Waals surface area contributed by atoms with E-state index in [1.165, 1.54) is 0 Å². The quantitative estimate of drug-likeness (QED) is 0.239. The van der Waals surface area contributed by atoms with Crippen LogP contribution in [-0.2, 0) is 11.3 Å². The number of carbonyl (C=O) groups excluding carboxylic acids is 1. The highest BCUT2D eigenvalue weighted by Gasteiger charge is 2.18. The molecule has 0 saturated heterocycles. The smallest absolute Gasteiger partial charge is 0.302 e. The highest BCUT2D eigenvalue weighted by Crippen LogP contribution is 2.40. The maximum Gasteiger partial charge on any atom is 0.302 e. The van der Waals surface area contributed by atoms with Gasteiger partial charge in [0.2, 0.25) is 5.88 Å². The Bertz CT molecular complexity index is 1310. The lowest BCUT2D eigenvalue weighted by Gasteiger charge is -2.06. The molecule has 1 amide bonds. The molecular weight excluding hydrogens is 418 g/mol. The molecular formula is C26H27N3O4. The molecule has 33 heavy (non-hydrogen) atoms. The Morgan fingerprint density at radius 2 is 1.79 bits per heavy atom. The van der Waals surface area contributed by atoms with Crippen LogP contribution in [0.3, 0.4) is 0 Å². The normalized spacial score (nSPS) is 11.5. The largest absolute Gasteiger partial charge is 0.497 e. The second-order valence-corrected chi connectivity index (χ2v) is 7.81. The number of aromatic hydroxyl groups is 1. The Kier molecular flexibility index (Phi) is 6.88. The van der Waals surface area contributed by atoms with Crippen molar-refractivity contribution in [2.24, 2.45) is 10.2 Å². The molecule has 0 saturated carbocycles. The first-order valence-electron chi connectivity index (χ1n) is 11.1. The zero-order chi connectivity index (χ0) is 23.2. The van der Waals surface area contributed by atoms with Crippen LogP contribution in [0, 0.1) is 0 Å². The number of methoxy groups -OCH3 is 1. The monoisotopic (exact) mass is 445 g/mol. The maximum atomic E-state index is 12.3. The Labute approximate surface area is 192 Å². The van der Waals surface area contributed by atoms with Gasteiger partial charge in [-0.2, -0.15) is 0 Å². The fourth-order valence-electron chi connectivity index (χ4n) is 3.81. The zero-order valence-electron chi connectivity index (χ0n) is 18.8. The molecule has 0 aliphatic rings. The topological polar surface area (TPSA) is 85.4 Å². The molecule has 0 aliphatic carbocycles. The van der Waals surface area contributed by atoms with E-state index in [9.17, 15) is 9.90 Å². The van der Waals surface area contributed by atoms with E-state index in [0.29, 0.717) is 23.4 Å². The van der Waals surface area contributed by atoms with Crippen molar-refractivity contribution in [2.75, 3.05) is 13.7 Å². The number of aryl methyl sites for hydroxylation is 1. The minimum Gasteiger partial charge on any atom is -0.497 e. The van der Waals surface area contributed by atoms with E-state index in [1.807, 2.05) is 54.6 Å². The molecule has 0 unspecified atom stereocenters. The molecule has 4 rings (SSSR count). The summed E-state index contributed by atoms with van der Waals surface area (Å²) >= 11 is 0. The molecule has 7 heteroatoms. The van der Waals surface area contributed by atoms with E-state index in [2.05, 4.69) is 17.2 Å². The van der Waals surface area contributed by atoms with Crippen LogP contribution >= 0.6 is 0 Å². The summed E-state index contributed by atoms with van der Waals surface area (Å²) in [5, 5.41) is 21.5. The summed E-state index contributed by atoms with van der Waals surface area (Å²) in [6, 6.07) is 19.0. The Morgan fingerprint density at radius 1 is 1.00 bits per heavy atom. The standard InChI is InChI=1S/C26H27N3O4/c1-3-4-7-14-29-23-13-12-20(32-2)16-22(23)25(26(29)31)28-27-24(30)17-33-21-11-10-18-8-5-6-9-19(18)15-21/h5-6,8-13,15-16,31H,3-4,7,14,17H2,1-2H3. The van der Waals surface area contributed by atoms with Crippen LogP contribution in [0.5, 0.6) is 17.4 Å². The van der Waals surface area contributed by atoms with Gasteiger partial charge >= 0.3 is 5.91 Å². The van der Waals surface area contributed by atoms with Gasteiger partial charge < -0.3 is 19.1 Å². The number of nitrogens with zero attached hydrogens (tertiary/aromatic N) is 3. The average molecular weight is 446 g/mol. The van der Waals surface area contributed by atoms with Crippen molar-refractivity contribution in [2.45, 2.75) is 32.7 Å². The summed E-state index contributed by atoms with van der Waals surface area (Å²) in [6.07, 6.45) is 3.05. The number of fused-ring (bicyclic) bond motifs is 2. The summed E-state index contributed by atoms with van der Waals surface area (Å²) in [4.78, 5) is 12.3. The van der Waals surface area contributed by atoms with Gasteiger partial charge in [-0.25, -0.2) is 0 Å². The number of ether oxygens (including phenoxy) is 2. The summed E-state index contributed by atoms with van der Waals surface area (Å²) in [7, 11) is 1.58. The van der Waals surface area contributed by atoms with E-state index in [4.69, 9.17) is 9.47 Å². The predicted molar refractivity (Wildman–Crippen MR) is 129 cm³/mol. The van der Waals surface area contributed by atoms with Crippen molar-refractivity contribution >= 4 is 33.3 Å². The molecule has 1 aromatic heterocycles. The van der Waals surface area contributed by atoms with E-state index in [-0.39, 0.29) is 18.2 Å². The first-order chi connectivity index (χ1) is 16.1. The second kappa shape index (κ2) is 10.2. The fraction of sp³-hybridized carbons (Fsp3) is 0.269. The van der Waals surface area contributed by atoms with E-state index < -0.39 is 5.91 Å². The van der Waals surface area contributed by atoms with Gasteiger partial charge in [-0.05, 0) is 47.5 Å². The minimum atomic E-state index is -0.544. The van der Waals surface area contributed by atoms with Crippen LogP contribution in [0.4, 0.5) is 5.69 Å². The highest BCUT2D eigenvalue weighted by atomic mass is 16.5. The van der Waals surface area contributed by atoms with Gasteiger partial charge in [0.15, 0.2) is 12.3 Å². The lowest BCUT2D eigenvalue weighted by Crippen LogP contribution is -2.07. The Balaban J connectivity index is 1.53. The van der Waals surface area contributed by atoms with Gasteiger partial charge in [-0.1, -0.05) is 50.1 Å². The van der Waals surface area contributed by atoms with Crippen LogP contribution in [0.2, 0.25) is 0 Å². The molecule has 1 heterocycles. The van der Waals surface area contributed by atoms with Gasteiger partial charge in [0.25, 0.3) is 0 Å². The molecule has 7 nitrogen and oxygen atoms in total. The first-order valence-corrected chi connectivity index (χ1v) is 11.1. The molecule has 0 aliphatic heterocycles. The SMILES string of the molecule is CCCCCn1c(O)c(N=NC(=O)COc2ccc3ccccc3c2)c2cc(OC)ccc21. The Hall–Kier alpha value is -3.87. The number of aromatic nitrogens is 1. The fourth-order valence-corrected chi connectivity index (χ4v) is 3.81. The molecule has 0 spiro atoms. The molecule has 0 radical (unpaired) electrons. The van der Waals surface area contributed by atoms with Gasteiger partial charge in [-0.15, -0.1) is 10.2 Å². The van der Waals surface area contributed by atoms with Crippen LogP contribution in [-0.4, -0.2) is 29.3 Å². The number of benzene rings is 3.